The van der Waals surface area contributed by atoms with Gasteiger partial charge in [-0.1, -0.05) is 51.0 Å². The third kappa shape index (κ3) is 12.7. The number of Topliss-reactive ketones (excluding diaryl/α,β-unsaturated/α-hetero) is 2. The monoisotopic (exact) mass is 845 g/mol. The van der Waals surface area contributed by atoms with Crippen LogP contribution in [0.4, 0.5) is 0 Å². The van der Waals surface area contributed by atoms with Crippen molar-refractivity contribution in [1.82, 2.24) is 4.90 Å². The number of hydrogen-bond acceptors (Lipinski definition) is 12. The molecule has 2 saturated heterocycles. The largest absolute Gasteiger partial charge is 0.480 e. The van der Waals surface area contributed by atoms with E-state index in [1.807, 2.05) is 32.9 Å². The highest BCUT2D eigenvalue weighted by molar-refractivity contribution is 6.39. The van der Waals surface area contributed by atoms with Gasteiger partial charge in [-0.05, 0) is 102 Å². The van der Waals surface area contributed by atoms with Gasteiger partial charge < -0.3 is 43.9 Å². The molecule has 14 heteroatoms. The minimum atomic E-state index is -2.52. The Morgan fingerprint density at radius 3 is 2.35 bits per heavy atom. The first-order chi connectivity index (χ1) is 28.4. The molecule has 3 heterocycles. The van der Waals surface area contributed by atoms with Gasteiger partial charge in [0.1, 0.15) is 30.6 Å². The summed E-state index contributed by atoms with van der Waals surface area (Å²) < 4.78 is 29.9. The van der Waals surface area contributed by atoms with Crippen LogP contribution in [0.2, 0.25) is 0 Å². The number of carbonyl (C=O) groups excluding carboxylic acids is 4. The number of cyclic esters (lactones) is 1. The van der Waals surface area contributed by atoms with E-state index in [0.717, 1.165) is 24.8 Å². The van der Waals surface area contributed by atoms with Crippen molar-refractivity contribution in [1.29, 1.82) is 0 Å². The molecule has 0 aromatic heterocycles. The predicted molar refractivity (Wildman–Crippen MR) is 222 cm³/mol. The van der Waals surface area contributed by atoms with E-state index in [0.29, 0.717) is 50.5 Å². The number of hydrogen-bond donors (Lipinski definition) is 3. The number of rotatable bonds is 9. The molecule has 13 atom stereocenters. The van der Waals surface area contributed by atoms with Crippen molar-refractivity contribution in [2.45, 2.75) is 167 Å². The van der Waals surface area contributed by atoms with Gasteiger partial charge in [0.05, 0.1) is 24.4 Å². The average Bonchev–Trinajstić information content (AvgIpc) is 3.45. The Kier molecular flexibility index (Phi) is 18.7. The van der Waals surface area contributed by atoms with E-state index in [4.69, 9.17) is 28.8 Å². The van der Waals surface area contributed by atoms with Crippen LogP contribution in [0.3, 0.4) is 0 Å². The molecule has 0 aromatic rings. The molecule has 3 N–H and O–H groups in total. The Morgan fingerprint density at radius 1 is 0.983 bits per heavy atom. The van der Waals surface area contributed by atoms with E-state index in [-0.39, 0.29) is 56.1 Å². The Balaban J connectivity index is 1.75. The first-order valence-corrected chi connectivity index (χ1v) is 22.0. The van der Waals surface area contributed by atoms with E-state index >= 15 is 0 Å². The fourth-order valence-corrected chi connectivity index (χ4v) is 9.69. The minimum absolute atomic E-state index is 0.000640. The summed E-state index contributed by atoms with van der Waals surface area (Å²) in [5.74, 6) is -8.80. The van der Waals surface area contributed by atoms with Gasteiger partial charge in [0, 0.05) is 44.9 Å². The van der Waals surface area contributed by atoms with Crippen molar-refractivity contribution in [3.63, 3.8) is 0 Å². The number of ketones is 2. The summed E-state index contributed by atoms with van der Waals surface area (Å²) in [6, 6.07) is -1.15. The first-order valence-electron chi connectivity index (χ1n) is 22.0. The smallest absolute Gasteiger partial charge is 0.329 e. The molecular weight excluding hydrogens is 775 g/mol. The number of aliphatic hydroxyl groups is 2. The van der Waals surface area contributed by atoms with Gasteiger partial charge >= 0.3 is 11.9 Å². The van der Waals surface area contributed by atoms with Crippen LogP contribution in [0.25, 0.3) is 0 Å². The maximum Gasteiger partial charge on any atom is 0.329 e. The summed E-state index contributed by atoms with van der Waals surface area (Å²) in [5.41, 5.74) is 1.61. The van der Waals surface area contributed by atoms with Crippen LogP contribution in [0, 0.1) is 29.6 Å². The van der Waals surface area contributed by atoms with Crippen LogP contribution >= 0.6 is 0 Å². The van der Waals surface area contributed by atoms with E-state index in [1.54, 1.807) is 19.9 Å². The number of esters is 1. The SMILES string of the molecule is C=CC[C@@H]1/C=C(\C)C[C@H](C)C[C@H](OC)[C@H]2O[C@@](O)(C(=O)C(=O)N3CCCC[C@H]3C(=O)O[C@@H](/C(C)=C/[C@H]3CCC[C@H](OCC(=O)O)CC3)[C@H](C)[C@@H](O)CC1=O)[C@H](C)C[C@@H]2OC. The van der Waals surface area contributed by atoms with E-state index in [2.05, 4.69) is 6.58 Å². The molecule has 338 valence electrons. The Morgan fingerprint density at radius 2 is 1.68 bits per heavy atom. The lowest BCUT2D eigenvalue weighted by molar-refractivity contribution is -0.302. The maximum atomic E-state index is 14.4. The number of piperidine rings is 1. The van der Waals surface area contributed by atoms with Gasteiger partial charge in [0.25, 0.3) is 11.7 Å². The molecule has 3 fully saturated rings. The molecule has 4 aliphatic rings. The van der Waals surface area contributed by atoms with Gasteiger partial charge in [0.2, 0.25) is 5.79 Å². The number of amides is 1. The third-order valence-electron chi connectivity index (χ3n) is 13.2. The number of aliphatic hydroxyl groups excluding tert-OH is 1. The second-order valence-electron chi connectivity index (χ2n) is 18.0. The van der Waals surface area contributed by atoms with Crippen LogP contribution < -0.4 is 0 Å². The van der Waals surface area contributed by atoms with E-state index < -0.39 is 83.7 Å². The molecule has 0 radical (unpaired) electrons. The van der Waals surface area contributed by atoms with Crippen molar-refractivity contribution in [2.75, 3.05) is 27.4 Å². The first kappa shape index (κ1) is 49.4. The summed E-state index contributed by atoms with van der Waals surface area (Å²) >= 11 is 0. The standard InChI is InChI=1S/C46H71NO13/c1-9-13-33-21-27(2)20-28(3)22-38(56-7)42-39(57-8)24-30(5)46(55,60-42)43(52)44(53)47-19-11-10-16-35(47)45(54)59-41(31(6)36(48)25-37(33)49)29(4)23-32-14-12-15-34(18-17-32)58-26-40(50)51/h9,21,23,28,30-36,38-39,41-42,48,55H,1,10-20,22,24-26H2,2-8H3,(H,50,51)/b27-21+,29-23+/t28-,30+,31+,32-,33+,34-,35-,36-,38-,39-,41-,42+,46+/m0/s1. The summed E-state index contributed by atoms with van der Waals surface area (Å²) in [4.78, 5) is 69.1. The predicted octanol–water partition coefficient (Wildman–Crippen LogP) is 5.51. The molecular formula is C46H71NO13. The summed E-state index contributed by atoms with van der Waals surface area (Å²) in [6.07, 6.45) is 7.53. The van der Waals surface area contributed by atoms with Crippen LogP contribution in [0.1, 0.15) is 118 Å². The molecule has 0 spiro atoms. The fraction of sp³-hybridized carbons (Fsp3) is 0.761. The quantitative estimate of drug-likeness (QED) is 0.114. The van der Waals surface area contributed by atoms with Crippen LogP contribution in [0.5, 0.6) is 0 Å². The van der Waals surface area contributed by atoms with Crippen LogP contribution in [-0.2, 0) is 47.7 Å². The molecule has 60 heavy (non-hydrogen) atoms. The lowest BCUT2D eigenvalue weighted by Crippen LogP contribution is -2.64. The number of ether oxygens (including phenoxy) is 5. The molecule has 1 aliphatic carbocycles. The molecule has 0 aromatic carbocycles. The van der Waals surface area contributed by atoms with Gasteiger partial charge in [-0.25, -0.2) is 9.59 Å². The van der Waals surface area contributed by atoms with Gasteiger partial charge in [-0.3, -0.25) is 14.4 Å². The topological polar surface area (TPSA) is 195 Å². The minimum Gasteiger partial charge on any atom is -0.480 e. The highest BCUT2D eigenvalue weighted by Gasteiger charge is 2.56. The third-order valence-corrected chi connectivity index (χ3v) is 13.2. The number of carbonyl (C=O) groups is 5. The molecule has 3 aliphatic heterocycles. The summed E-state index contributed by atoms with van der Waals surface area (Å²) in [7, 11) is 3.04. The van der Waals surface area contributed by atoms with Crippen LogP contribution in [-0.4, -0.2) is 125 Å². The number of methoxy groups -OCH3 is 2. The van der Waals surface area contributed by atoms with Crippen molar-refractivity contribution < 1.29 is 63.0 Å². The van der Waals surface area contributed by atoms with E-state index in [1.165, 1.54) is 19.1 Å². The molecule has 0 unspecified atom stereocenters. The summed E-state index contributed by atoms with van der Waals surface area (Å²) in [6.45, 7) is 12.8. The number of nitrogens with zero attached hydrogens (tertiary/aromatic N) is 1. The highest BCUT2D eigenvalue weighted by Crippen LogP contribution is 2.39. The molecule has 1 amide bonds. The second-order valence-corrected chi connectivity index (χ2v) is 18.0. The normalized spacial score (nSPS) is 38.4. The number of carboxylic acid groups (broad SMARTS) is 1. The fourth-order valence-electron chi connectivity index (χ4n) is 9.69. The lowest BCUT2D eigenvalue weighted by atomic mass is 9.82. The highest BCUT2D eigenvalue weighted by atomic mass is 16.7. The molecule has 14 nitrogen and oxygen atoms in total. The number of aliphatic carboxylic acids is 1. The zero-order chi connectivity index (χ0) is 44.3. The number of allylic oxidation sites excluding steroid dienone is 4. The molecule has 4 rings (SSSR count). The number of fused-ring (bicyclic) bond motifs is 3. The Labute approximate surface area is 356 Å². The second kappa shape index (κ2) is 22.7. The van der Waals surface area contributed by atoms with Crippen molar-refractivity contribution in [3.8, 4) is 0 Å². The van der Waals surface area contributed by atoms with Gasteiger partial charge in [-0.2, -0.15) is 0 Å². The van der Waals surface area contributed by atoms with Gasteiger partial charge in [-0.15, -0.1) is 6.58 Å². The van der Waals surface area contributed by atoms with Crippen molar-refractivity contribution in [3.05, 3.63) is 36.0 Å². The molecule has 1 saturated carbocycles. The lowest BCUT2D eigenvalue weighted by Gasteiger charge is -2.47. The van der Waals surface area contributed by atoms with Crippen molar-refractivity contribution in [2.24, 2.45) is 29.6 Å². The Hall–Kier alpha value is -3.27. The number of carboxylic acids is 1. The average molecular weight is 846 g/mol. The van der Waals surface area contributed by atoms with Gasteiger partial charge in [0.15, 0.2) is 0 Å². The molecule has 2 bridgehead atoms. The zero-order valence-corrected chi connectivity index (χ0v) is 36.8. The van der Waals surface area contributed by atoms with Crippen LogP contribution in [0.15, 0.2) is 36.0 Å². The zero-order valence-electron chi connectivity index (χ0n) is 36.8. The van der Waals surface area contributed by atoms with E-state index in [9.17, 15) is 34.2 Å². The maximum absolute atomic E-state index is 14.4. The van der Waals surface area contributed by atoms with Crippen molar-refractivity contribution >= 4 is 29.4 Å². The summed E-state index contributed by atoms with van der Waals surface area (Å²) in [5, 5.41) is 32.9. The Bertz CT molecular complexity index is 1580.